The lowest BCUT2D eigenvalue weighted by Gasteiger charge is -2.04. The molecule has 1 rings (SSSR count). The minimum Gasteiger partial charge on any atom is -0.370 e. The molecule has 1 heterocycles. The Morgan fingerprint density at radius 2 is 2.40 bits per heavy atom. The Bertz CT molecular complexity index is 320. The van der Waals surface area contributed by atoms with Gasteiger partial charge in [0.25, 0.3) is 0 Å². The maximum Gasteiger partial charge on any atom is 0.219 e. The number of hydrogen-bond donors (Lipinski definition) is 2. The first-order valence-electron chi connectivity index (χ1n) is 4.98. The lowest BCUT2D eigenvalue weighted by molar-refractivity contribution is -0.118. The second kappa shape index (κ2) is 5.45. The van der Waals surface area contributed by atoms with E-state index in [0.717, 1.165) is 5.69 Å². The van der Waals surface area contributed by atoms with Gasteiger partial charge in [-0.25, -0.2) is 0 Å². The van der Waals surface area contributed by atoms with Crippen LogP contribution in [0.25, 0.3) is 0 Å². The first kappa shape index (κ1) is 11.6. The summed E-state index contributed by atoms with van der Waals surface area (Å²) in [4.78, 5) is 10.5. The van der Waals surface area contributed by atoms with Crippen LogP contribution < -0.4 is 11.1 Å². The van der Waals surface area contributed by atoms with E-state index in [0.29, 0.717) is 25.6 Å². The van der Waals surface area contributed by atoms with Crippen molar-refractivity contribution in [2.45, 2.75) is 39.4 Å². The lowest BCUT2D eigenvalue weighted by atomic mass is 10.3. The van der Waals surface area contributed by atoms with Gasteiger partial charge in [0, 0.05) is 25.2 Å². The van der Waals surface area contributed by atoms with Gasteiger partial charge >= 0.3 is 0 Å². The molecule has 1 aromatic heterocycles. The van der Waals surface area contributed by atoms with Crippen molar-refractivity contribution in [3.05, 3.63) is 11.9 Å². The summed E-state index contributed by atoms with van der Waals surface area (Å²) in [5.74, 6) is -0.327. The van der Waals surface area contributed by atoms with Crippen molar-refractivity contribution in [3.8, 4) is 0 Å². The first-order chi connectivity index (χ1) is 7.08. The molecule has 0 saturated heterocycles. The molecule has 0 unspecified atom stereocenters. The van der Waals surface area contributed by atoms with Crippen LogP contribution >= 0.6 is 0 Å². The quantitative estimate of drug-likeness (QED) is 0.673. The van der Waals surface area contributed by atoms with Crippen molar-refractivity contribution in [2.75, 3.05) is 0 Å². The number of carbonyl (C=O) groups excluding carboxylic acids is 1. The third kappa shape index (κ3) is 4.55. The van der Waals surface area contributed by atoms with E-state index in [1.165, 1.54) is 0 Å². The van der Waals surface area contributed by atoms with Gasteiger partial charge in [-0.15, -0.1) is 5.10 Å². The molecular weight excluding hydrogens is 194 g/mol. The molecule has 0 aliphatic carbocycles. The van der Waals surface area contributed by atoms with E-state index in [9.17, 15) is 4.79 Å². The highest BCUT2D eigenvalue weighted by molar-refractivity contribution is 5.73. The van der Waals surface area contributed by atoms with Gasteiger partial charge in [-0.3, -0.25) is 9.48 Å². The van der Waals surface area contributed by atoms with Crippen molar-refractivity contribution in [1.82, 2.24) is 20.3 Å². The molecule has 0 saturated carbocycles. The van der Waals surface area contributed by atoms with Crippen molar-refractivity contribution in [2.24, 2.45) is 5.73 Å². The highest BCUT2D eigenvalue weighted by atomic mass is 16.1. The van der Waals surface area contributed by atoms with Gasteiger partial charge in [0.15, 0.2) is 0 Å². The van der Waals surface area contributed by atoms with Gasteiger partial charge in [0.1, 0.15) is 0 Å². The van der Waals surface area contributed by atoms with Crippen molar-refractivity contribution in [3.63, 3.8) is 0 Å². The fourth-order valence-corrected chi connectivity index (χ4v) is 1.06. The molecule has 0 aromatic carbocycles. The van der Waals surface area contributed by atoms with Crippen molar-refractivity contribution < 1.29 is 4.79 Å². The molecule has 0 radical (unpaired) electrons. The Labute approximate surface area is 88.8 Å². The van der Waals surface area contributed by atoms with Crippen LogP contribution in [0.2, 0.25) is 0 Å². The van der Waals surface area contributed by atoms with Crippen LogP contribution in [-0.4, -0.2) is 26.9 Å². The first-order valence-corrected chi connectivity index (χ1v) is 4.98. The lowest BCUT2D eigenvalue weighted by Crippen LogP contribution is -2.21. The van der Waals surface area contributed by atoms with Gasteiger partial charge in [-0.2, -0.15) is 0 Å². The number of primary amides is 1. The van der Waals surface area contributed by atoms with E-state index < -0.39 is 0 Å². The number of aromatic nitrogens is 3. The van der Waals surface area contributed by atoms with Gasteiger partial charge in [-0.1, -0.05) is 19.1 Å². The van der Waals surface area contributed by atoms with Crippen LogP contribution in [0.5, 0.6) is 0 Å². The van der Waals surface area contributed by atoms with Crippen LogP contribution in [0.4, 0.5) is 0 Å². The molecule has 0 aliphatic rings. The summed E-state index contributed by atoms with van der Waals surface area (Å²) in [5.41, 5.74) is 5.90. The molecule has 0 spiro atoms. The molecular formula is C9H17N5O. The average Bonchev–Trinajstić information content (AvgIpc) is 2.59. The zero-order valence-electron chi connectivity index (χ0n) is 9.10. The van der Waals surface area contributed by atoms with Crippen LogP contribution in [-0.2, 0) is 17.9 Å². The largest absolute Gasteiger partial charge is 0.370 e. The minimum absolute atomic E-state index is 0.292. The zero-order chi connectivity index (χ0) is 11.3. The summed E-state index contributed by atoms with van der Waals surface area (Å²) in [6, 6.07) is 0.417. The fraction of sp³-hybridized carbons (Fsp3) is 0.667. The zero-order valence-corrected chi connectivity index (χ0v) is 9.10. The summed E-state index contributed by atoms with van der Waals surface area (Å²) in [7, 11) is 0. The molecule has 1 amide bonds. The summed E-state index contributed by atoms with van der Waals surface area (Å²) < 4.78 is 1.63. The summed E-state index contributed by atoms with van der Waals surface area (Å²) in [5, 5.41) is 11.1. The standard InChI is InChI=1S/C9H17N5O/c1-7(2)11-5-8-6-14(13-12-8)4-3-9(10)15/h6-7,11H,3-5H2,1-2H3,(H2,10,15). The topological polar surface area (TPSA) is 85.8 Å². The predicted octanol–water partition coefficient (Wildman–Crippen LogP) is -0.348. The molecule has 1 aromatic rings. The van der Waals surface area contributed by atoms with E-state index >= 15 is 0 Å². The molecule has 0 atom stereocenters. The highest BCUT2D eigenvalue weighted by Gasteiger charge is 2.02. The van der Waals surface area contributed by atoms with Crippen LogP contribution in [0, 0.1) is 0 Å². The number of hydrogen-bond acceptors (Lipinski definition) is 4. The van der Waals surface area contributed by atoms with E-state index in [1.807, 2.05) is 6.20 Å². The summed E-state index contributed by atoms with van der Waals surface area (Å²) in [6.45, 7) is 5.31. The summed E-state index contributed by atoms with van der Waals surface area (Å²) in [6.07, 6.45) is 2.11. The smallest absolute Gasteiger partial charge is 0.219 e. The third-order valence-electron chi connectivity index (χ3n) is 1.86. The summed E-state index contributed by atoms with van der Waals surface area (Å²) >= 11 is 0. The van der Waals surface area contributed by atoms with Gasteiger partial charge in [0.2, 0.25) is 5.91 Å². The second-order valence-corrected chi connectivity index (χ2v) is 3.72. The monoisotopic (exact) mass is 211 g/mol. The Morgan fingerprint density at radius 3 is 3.00 bits per heavy atom. The molecule has 3 N–H and O–H groups in total. The molecule has 15 heavy (non-hydrogen) atoms. The highest BCUT2D eigenvalue weighted by Crippen LogP contribution is 1.95. The van der Waals surface area contributed by atoms with Crippen molar-refractivity contribution >= 4 is 5.91 Å². The number of nitrogens with one attached hydrogen (secondary N) is 1. The average molecular weight is 211 g/mol. The maximum atomic E-state index is 10.5. The Morgan fingerprint density at radius 1 is 1.67 bits per heavy atom. The predicted molar refractivity (Wildman–Crippen MR) is 55.8 cm³/mol. The molecule has 6 nitrogen and oxygen atoms in total. The Balaban J connectivity index is 2.38. The molecule has 6 heteroatoms. The SMILES string of the molecule is CC(C)NCc1cn(CCC(N)=O)nn1. The Kier molecular flexibility index (Phi) is 4.23. The number of rotatable bonds is 6. The van der Waals surface area contributed by atoms with E-state index in [4.69, 9.17) is 5.73 Å². The number of nitrogens with zero attached hydrogens (tertiary/aromatic N) is 3. The molecule has 0 bridgehead atoms. The third-order valence-corrected chi connectivity index (χ3v) is 1.86. The van der Waals surface area contributed by atoms with Crippen molar-refractivity contribution in [1.29, 1.82) is 0 Å². The van der Waals surface area contributed by atoms with Gasteiger partial charge in [-0.05, 0) is 0 Å². The fourth-order valence-electron chi connectivity index (χ4n) is 1.06. The van der Waals surface area contributed by atoms with Crippen LogP contribution in [0.15, 0.2) is 6.20 Å². The molecule has 84 valence electrons. The van der Waals surface area contributed by atoms with Crippen LogP contribution in [0.1, 0.15) is 26.0 Å². The Hall–Kier alpha value is -1.43. The van der Waals surface area contributed by atoms with E-state index in [-0.39, 0.29) is 5.91 Å². The van der Waals surface area contributed by atoms with Gasteiger partial charge < -0.3 is 11.1 Å². The van der Waals surface area contributed by atoms with E-state index in [1.54, 1.807) is 4.68 Å². The second-order valence-electron chi connectivity index (χ2n) is 3.72. The van der Waals surface area contributed by atoms with E-state index in [2.05, 4.69) is 29.5 Å². The molecule has 0 aliphatic heterocycles. The normalized spacial score (nSPS) is 10.9. The number of amides is 1. The number of carbonyl (C=O) groups is 1. The maximum absolute atomic E-state index is 10.5. The number of nitrogens with two attached hydrogens (primary N) is 1. The molecule has 0 fully saturated rings. The minimum atomic E-state index is -0.327. The number of aryl methyl sites for hydroxylation is 1. The van der Waals surface area contributed by atoms with Gasteiger partial charge in [0.05, 0.1) is 12.2 Å². The van der Waals surface area contributed by atoms with Crippen LogP contribution in [0.3, 0.4) is 0 Å².